The standard InChI is InChI=1S/C13H25BrO2/c1-3-4-5-6-7-8-9-10-11-12(14)13(15)16-2/h12H,3-11H2,1-2H3/t12-/m0/s1. The Labute approximate surface area is 108 Å². The molecule has 0 N–H and O–H groups in total. The van der Waals surface area contributed by atoms with Gasteiger partial charge < -0.3 is 4.74 Å². The van der Waals surface area contributed by atoms with Gasteiger partial charge in [0.25, 0.3) is 0 Å². The summed E-state index contributed by atoms with van der Waals surface area (Å²) < 4.78 is 4.65. The molecule has 0 aliphatic carbocycles. The Hall–Kier alpha value is -0.0500. The van der Waals surface area contributed by atoms with Crippen molar-refractivity contribution in [1.29, 1.82) is 0 Å². The van der Waals surface area contributed by atoms with Crippen molar-refractivity contribution in [2.45, 2.75) is 69.5 Å². The van der Waals surface area contributed by atoms with Crippen molar-refractivity contribution in [2.24, 2.45) is 0 Å². The van der Waals surface area contributed by atoms with Gasteiger partial charge in [0.15, 0.2) is 0 Å². The normalized spacial score (nSPS) is 12.4. The fourth-order valence-corrected chi connectivity index (χ4v) is 2.21. The highest BCUT2D eigenvalue weighted by Gasteiger charge is 2.13. The lowest BCUT2D eigenvalue weighted by atomic mass is 10.1. The Bertz CT molecular complexity index is 171. The first-order valence-electron chi connectivity index (χ1n) is 6.44. The number of hydrogen-bond donors (Lipinski definition) is 0. The van der Waals surface area contributed by atoms with Crippen LogP contribution in [0.25, 0.3) is 0 Å². The van der Waals surface area contributed by atoms with Crippen LogP contribution in [0.1, 0.15) is 64.7 Å². The highest BCUT2D eigenvalue weighted by molar-refractivity contribution is 9.10. The van der Waals surface area contributed by atoms with E-state index in [1.54, 1.807) is 0 Å². The fraction of sp³-hybridized carbons (Fsp3) is 0.923. The van der Waals surface area contributed by atoms with E-state index >= 15 is 0 Å². The minimum atomic E-state index is -0.150. The van der Waals surface area contributed by atoms with Crippen LogP contribution in [0.15, 0.2) is 0 Å². The molecular weight excluding hydrogens is 268 g/mol. The number of halogens is 1. The SMILES string of the molecule is CCCCCCCCCC[C@H](Br)C(=O)OC. The van der Waals surface area contributed by atoms with E-state index in [2.05, 4.69) is 27.6 Å². The third kappa shape index (κ3) is 9.20. The average Bonchev–Trinajstić information content (AvgIpc) is 2.31. The Morgan fingerprint density at radius 1 is 1.06 bits per heavy atom. The number of hydrogen-bond acceptors (Lipinski definition) is 2. The van der Waals surface area contributed by atoms with Crippen LogP contribution in [0.3, 0.4) is 0 Å². The van der Waals surface area contributed by atoms with Gasteiger partial charge in [0.2, 0.25) is 0 Å². The molecular formula is C13H25BrO2. The molecule has 0 aliphatic heterocycles. The van der Waals surface area contributed by atoms with E-state index in [4.69, 9.17) is 0 Å². The van der Waals surface area contributed by atoms with Gasteiger partial charge >= 0.3 is 5.97 Å². The van der Waals surface area contributed by atoms with Crippen LogP contribution in [0.2, 0.25) is 0 Å². The lowest BCUT2D eigenvalue weighted by Gasteiger charge is -2.06. The van der Waals surface area contributed by atoms with Crippen LogP contribution in [0, 0.1) is 0 Å². The van der Waals surface area contributed by atoms with Gasteiger partial charge in [-0.2, -0.15) is 0 Å². The second kappa shape index (κ2) is 11.4. The summed E-state index contributed by atoms with van der Waals surface area (Å²) in [4.78, 5) is 11.0. The number of unbranched alkanes of at least 4 members (excludes halogenated alkanes) is 7. The minimum absolute atomic E-state index is 0.113. The first kappa shape index (κ1) is 16.0. The summed E-state index contributed by atoms with van der Waals surface area (Å²) in [6.45, 7) is 2.24. The fourth-order valence-electron chi connectivity index (χ4n) is 1.70. The smallest absolute Gasteiger partial charge is 0.319 e. The monoisotopic (exact) mass is 292 g/mol. The van der Waals surface area contributed by atoms with Crippen LogP contribution in [-0.4, -0.2) is 17.9 Å². The van der Waals surface area contributed by atoms with E-state index in [0.29, 0.717) is 0 Å². The van der Waals surface area contributed by atoms with Crippen LogP contribution >= 0.6 is 15.9 Å². The molecule has 0 amide bonds. The van der Waals surface area contributed by atoms with Gasteiger partial charge in [-0.25, -0.2) is 0 Å². The van der Waals surface area contributed by atoms with Crippen molar-refractivity contribution in [3.8, 4) is 0 Å². The van der Waals surface area contributed by atoms with Crippen molar-refractivity contribution in [3.05, 3.63) is 0 Å². The second-order valence-corrected chi connectivity index (χ2v) is 5.36. The van der Waals surface area contributed by atoms with Gasteiger partial charge in [-0.05, 0) is 6.42 Å². The second-order valence-electron chi connectivity index (χ2n) is 4.25. The molecule has 0 fully saturated rings. The summed E-state index contributed by atoms with van der Waals surface area (Å²) in [7, 11) is 1.43. The summed E-state index contributed by atoms with van der Waals surface area (Å²) >= 11 is 3.33. The zero-order valence-corrected chi connectivity index (χ0v) is 12.2. The largest absolute Gasteiger partial charge is 0.468 e. The summed E-state index contributed by atoms with van der Waals surface area (Å²) in [6, 6.07) is 0. The molecule has 0 spiro atoms. The maximum Gasteiger partial charge on any atom is 0.319 e. The maximum atomic E-state index is 11.1. The summed E-state index contributed by atoms with van der Waals surface area (Å²) in [5.41, 5.74) is 0. The Morgan fingerprint density at radius 2 is 1.56 bits per heavy atom. The van der Waals surface area contributed by atoms with Crippen molar-refractivity contribution in [2.75, 3.05) is 7.11 Å². The molecule has 2 nitrogen and oxygen atoms in total. The topological polar surface area (TPSA) is 26.3 Å². The maximum absolute atomic E-state index is 11.1. The van der Waals surface area contributed by atoms with Crippen LogP contribution in [0.5, 0.6) is 0 Å². The first-order valence-corrected chi connectivity index (χ1v) is 7.35. The number of ether oxygens (including phenoxy) is 1. The molecule has 1 atom stereocenters. The molecule has 0 aromatic rings. The summed E-state index contributed by atoms with van der Waals surface area (Å²) in [5.74, 6) is -0.150. The molecule has 96 valence electrons. The predicted molar refractivity (Wildman–Crippen MR) is 72.0 cm³/mol. The highest BCUT2D eigenvalue weighted by Crippen LogP contribution is 2.14. The van der Waals surface area contributed by atoms with E-state index < -0.39 is 0 Å². The van der Waals surface area contributed by atoms with Crippen molar-refractivity contribution in [1.82, 2.24) is 0 Å². The van der Waals surface area contributed by atoms with Crippen LogP contribution < -0.4 is 0 Å². The van der Waals surface area contributed by atoms with E-state index in [1.807, 2.05) is 0 Å². The zero-order chi connectivity index (χ0) is 12.2. The Morgan fingerprint density at radius 3 is 2.06 bits per heavy atom. The van der Waals surface area contributed by atoms with Crippen molar-refractivity contribution in [3.63, 3.8) is 0 Å². The highest BCUT2D eigenvalue weighted by atomic mass is 79.9. The van der Waals surface area contributed by atoms with Gasteiger partial charge in [0.1, 0.15) is 4.83 Å². The summed E-state index contributed by atoms with van der Waals surface area (Å²) in [5, 5.41) is 0. The molecule has 0 unspecified atom stereocenters. The predicted octanol–water partition coefficient (Wildman–Crippen LogP) is 4.45. The molecule has 3 heteroatoms. The summed E-state index contributed by atoms with van der Waals surface area (Å²) in [6.07, 6.45) is 11.3. The van der Waals surface area contributed by atoms with E-state index in [-0.39, 0.29) is 10.8 Å². The van der Waals surface area contributed by atoms with Gasteiger partial charge in [-0.3, -0.25) is 4.79 Å². The zero-order valence-electron chi connectivity index (χ0n) is 10.6. The molecule has 0 bridgehead atoms. The van der Waals surface area contributed by atoms with Gasteiger partial charge in [0.05, 0.1) is 7.11 Å². The molecule has 0 aromatic heterocycles. The molecule has 0 rings (SSSR count). The third-order valence-corrected chi connectivity index (χ3v) is 3.60. The lowest BCUT2D eigenvalue weighted by Crippen LogP contribution is -2.15. The van der Waals surface area contributed by atoms with Crippen LogP contribution in [-0.2, 0) is 9.53 Å². The third-order valence-electron chi connectivity index (χ3n) is 2.77. The Balaban J connectivity index is 3.17. The van der Waals surface area contributed by atoms with E-state index in [0.717, 1.165) is 12.8 Å². The number of carbonyl (C=O) groups excluding carboxylic acids is 1. The molecule has 16 heavy (non-hydrogen) atoms. The van der Waals surface area contributed by atoms with Gasteiger partial charge in [-0.1, -0.05) is 74.2 Å². The number of rotatable bonds is 10. The van der Waals surface area contributed by atoms with E-state index in [1.165, 1.54) is 52.1 Å². The molecule has 0 heterocycles. The number of carbonyl (C=O) groups is 1. The lowest BCUT2D eigenvalue weighted by molar-refractivity contribution is -0.139. The molecule has 0 aliphatic rings. The van der Waals surface area contributed by atoms with E-state index in [9.17, 15) is 4.79 Å². The number of alkyl halides is 1. The molecule has 0 saturated heterocycles. The molecule has 0 radical (unpaired) electrons. The van der Waals surface area contributed by atoms with Gasteiger partial charge in [-0.15, -0.1) is 0 Å². The first-order chi connectivity index (χ1) is 7.72. The van der Waals surface area contributed by atoms with Crippen molar-refractivity contribution < 1.29 is 9.53 Å². The quantitative estimate of drug-likeness (QED) is 0.338. The van der Waals surface area contributed by atoms with Crippen molar-refractivity contribution >= 4 is 21.9 Å². The number of methoxy groups -OCH3 is 1. The van der Waals surface area contributed by atoms with Gasteiger partial charge in [0, 0.05) is 0 Å². The van der Waals surface area contributed by atoms with Crippen LogP contribution in [0.4, 0.5) is 0 Å². The molecule has 0 aromatic carbocycles. The number of esters is 1. The average molecular weight is 293 g/mol. The molecule has 0 saturated carbocycles. The minimum Gasteiger partial charge on any atom is -0.468 e. The Kier molecular flexibility index (Phi) is 11.4.